The highest BCUT2D eigenvalue weighted by Gasteiger charge is 2.53. The van der Waals surface area contributed by atoms with Crippen LogP contribution in [-0.4, -0.2) is 27.9 Å². The minimum absolute atomic E-state index is 0.0207. The third-order valence-corrected chi connectivity index (χ3v) is 4.95. The first-order valence-corrected chi connectivity index (χ1v) is 7.99. The van der Waals surface area contributed by atoms with E-state index in [-0.39, 0.29) is 5.46 Å². The molecule has 2 heterocycles. The van der Waals surface area contributed by atoms with Gasteiger partial charge in [-0.3, -0.25) is 0 Å². The first-order valence-electron chi connectivity index (χ1n) is 7.99. The minimum atomic E-state index is -4.52. The average Bonchev–Trinajstić information content (AvgIpc) is 2.98. The van der Waals surface area contributed by atoms with E-state index in [2.05, 4.69) is 4.98 Å². The van der Waals surface area contributed by atoms with Crippen molar-refractivity contribution in [1.82, 2.24) is 9.55 Å². The van der Waals surface area contributed by atoms with Crippen molar-refractivity contribution in [2.45, 2.75) is 52.0 Å². The van der Waals surface area contributed by atoms with Gasteiger partial charge in [0.1, 0.15) is 5.82 Å². The standard InChI is InChI=1S/C17H20BF3N2O2/c1-11-22-8-9-23(11)12-6-7-14(13(10-12)17(19,20)21)18-24-15(2,3)16(4,5)25-18/h6-10H,1-5H3. The summed E-state index contributed by atoms with van der Waals surface area (Å²) >= 11 is 0. The van der Waals surface area contributed by atoms with E-state index < -0.39 is 30.1 Å². The van der Waals surface area contributed by atoms with Crippen molar-refractivity contribution in [2.75, 3.05) is 0 Å². The third kappa shape index (κ3) is 3.09. The summed E-state index contributed by atoms with van der Waals surface area (Å²) in [7, 11) is -1.07. The molecule has 0 amide bonds. The highest BCUT2D eigenvalue weighted by Crippen LogP contribution is 2.38. The lowest BCUT2D eigenvalue weighted by Gasteiger charge is -2.32. The molecule has 0 atom stereocenters. The molecule has 0 saturated carbocycles. The van der Waals surface area contributed by atoms with Crippen LogP contribution in [0, 0.1) is 6.92 Å². The molecule has 1 aliphatic rings. The first-order chi connectivity index (χ1) is 11.4. The van der Waals surface area contributed by atoms with Crippen LogP contribution in [0.25, 0.3) is 5.69 Å². The molecule has 8 heteroatoms. The second kappa shape index (κ2) is 5.61. The zero-order valence-corrected chi connectivity index (χ0v) is 14.8. The fraction of sp³-hybridized carbons (Fsp3) is 0.471. The summed E-state index contributed by atoms with van der Waals surface area (Å²) in [5, 5.41) is 0. The van der Waals surface area contributed by atoms with Gasteiger partial charge in [0.25, 0.3) is 0 Å². The van der Waals surface area contributed by atoms with Gasteiger partial charge in [-0.25, -0.2) is 4.98 Å². The quantitative estimate of drug-likeness (QED) is 0.777. The zero-order valence-electron chi connectivity index (χ0n) is 14.8. The Morgan fingerprint density at radius 2 is 1.68 bits per heavy atom. The van der Waals surface area contributed by atoms with Crippen LogP contribution in [-0.2, 0) is 15.5 Å². The van der Waals surface area contributed by atoms with Crippen molar-refractivity contribution in [3.05, 3.63) is 42.0 Å². The predicted molar refractivity (Wildman–Crippen MR) is 89.0 cm³/mol. The van der Waals surface area contributed by atoms with Crippen molar-refractivity contribution < 1.29 is 22.5 Å². The Hall–Kier alpha value is -1.80. The van der Waals surface area contributed by atoms with E-state index in [9.17, 15) is 13.2 Å². The van der Waals surface area contributed by atoms with E-state index in [1.807, 2.05) is 27.7 Å². The Morgan fingerprint density at radius 1 is 1.08 bits per heavy atom. The van der Waals surface area contributed by atoms with Gasteiger partial charge in [-0.2, -0.15) is 13.2 Å². The summed E-state index contributed by atoms with van der Waals surface area (Å²) < 4.78 is 54.2. The Bertz CT molecular complexity index is 783. The molecule has 25 heavy (non-hydrogen) atoms. The fourth-order valence-corrected chi connectivity index (χ4v) is 2.77. The average molecular weight is 352 g/mol. The van der Waals surface area contributed by atoms with Gasteiger partial charge in [-0.15, -0.1) is 0 Å². The molecule has 1 aromatic heterocycles. The van der Waals surface area contributed by atoms with Crippen LogP contribution >= 0.6 is 0 Å². The molecular formula is C17H20BF3N2O2. The molecule has 0 aliphatic carbocycles. The lowest BCUT2D eigenvalue weighted by atomic mass is 9.75. The molecule has 1 saturated heterocycles. The molecule has 134 valence electrons. The van der Waals surface area contributed by atoms with Gasteiger partial charge < -0.3 is 13.9 Å². The number of hydrogen-bond donors (Lipinski definition) is 0. The Morgan fingerprint density at radius 3 is 2.16 bits per heavy atom. The van der Waals surface area contributed by atoms with E-state index in [0.29, 0.717) is 11.5 Å². The smallest absolute Gasteiger partial charge is 0.399 e. The van der Waals surface area contributed by atoms with Gasteiger partial charge in [0, 0.05) is 18.1 Å². The largest absolute Gasteiger partial charge is 0.495 e. The molecule has 0 N–H and O–H groups in total. The number of nitrogens with zero attached hydrogens (tertiary/aromatic N) is 2. The molecule has 1 aliphatic heterocycles. The van der Waals surface area contributed by atoms with E-state index in [1.165, 1.54) is 6.07 Å². The van der Waals surface area contributed by atoms with Gasteiger partial charge in [0.15, 0.2) is 0 Å². The number of aryl methyl sites for hydroxylation is 1. The number of alkyl halides is 3. The second-order valence-electron chi connectivity index (χ2n) is 7.20. The molecule has 0 radical (unpaired) electrons. The first kappa shape index (κ1) is 18.0. The SMILES string of the molecule is Cc1nccn1-c1ccc(B2OC(C)(C)C(C)(C)O2)c(C(F)(F)F)c1. The number of benzene rings is 1. The van der Waals surface area contributed by atoms with Crippen LogP contribution in [0.15, 0.2) is 30.6 Å². The molecule has 1 fully saturated rings. The zero-order chi connectivity index (χ0) is 18.6. The predicted octanol–water partition coefficient (Wildman–Crippen LogP) is 3.50. The molecule has 3 rings (SSSR count). The normalized spacial score (nSPS) is 19.4. The Labute approximate surface area is 145 Å². The number of rotatable bonds is 2. The van der Waals surface area contributed by atoms with E-state index in [0.717, 1.165) is 6.07 Å². The van der Waals surface area contributed by atoms with Crippen LogP contribution < -0.4 is 5.46 Å². The lowest BCUT2D eigenvalue weighted by molar-refractivity contribution is -0.136. The molecule has 0 bridgehead atoms. The number of aromatic nitrogens is 2. The van der Waals surface area contributed by atoms with Crippen LogP contribution in [0.2, 0.25) is 0 Å². The van der Waals surface area contributed by atoms with Gasteiger partial charge in [-0.05, 0) is 52.2 Å². The lowest BCUT2D eigenvalue weighted by Crippen LogP contribution is -2.41. The van der Waals surface area contributed by atoms with Gasteiger partial charge in [-0.1, -0.05) is 6.07 Å². The second-order valence-corrected chi connectivity index (χ2v) is 7.20. The van der Waals surface area contributed by atoms with Gasteiger partial charge in [0.05, 0.1) is 16.8 Å². The van der Waals surface area contributed by atoms with Crippen molar-refractivity contribution in [1.29, 1.82) is 0 Å². The van der Waals surface area contributed by atoms with E-state index in [4.69, 9.17) is 9.31 Å². The molecule has 0 unspecified atom stereocenters. The van der Waals surface area contributed by atoms with Crippen molar-refractivity contribution in [3.8, 4) is 5.69 Å². The summed E-state index contributed by atoms with van der Waals surface area (Å²) in [6, 6.07) is 4.14. The van der Waals surface area contributed by atoms with Crippen molar-refractivity contribution >= 4 is 12.6 Å². The monoisotopic (exact) mass is 352 g/mol. The summed E-state index contributed by atoms with van der Waals surface area (Å²) in [4.78, 5) is 4.06. The molecule has 2 aromatic rings. The third-order valence-electron chi connectivity index (χ3n) is 4.95. The molecule has 0 spiro atoms. The summed E-state index contributed by atoms with van der Waals surface area (Å²) in [5.41, 5.74) is -1.81. The van der Waals surface area contributed by atoms with Crippen molar-refractivity contribution in [3.63, 3.8) is 0 Å². The van der Waals surface area contributed by atoms with E-state index >= 15 is 0 Å². The van der Waals surface area contributed by atoms with Crippen LogP contribution in [0.4, 0.5) is 13.2 Å². The maximum Gasteiger partial charge on any atom is 0.495 e. The highest BCUT2D eigenvalue weighted by atomic mass is 19.4. The Balaban J connectivity index is 2.08. The fourth-order valence-electron chi connectivity index (χ4n) is 2.77. The number of hydrogen-bond acceptors (Lipinski definition) is 3. The van der Waals surface area contributed by atoms with Crippen LogP contribution in [0.1, 0.15) is 39.1 Å². The van der Waals surface area contributed by atoms with Crippen molar-refractivity contribution in [2.24, 2.45) is 0 Å². The molecule has 1 aromatic carbocycles. The molecular weight excluding hydrogens is 332 g/mol. The van der Waals surface area contributed by atoms with Gasteiger partial charge >= 0.3 is 13.3 Å². The summed E-state index contributed by atoms with van der Waals surface area (Å²) in [6.45, 7) is 8.97. The number of halogens is 3. The van der Waals surface area contributed by atoms with Crippen LogP contribution in [0.3, 0.4) is 0 Å². The van der Waals surface area contributed by atoms with Gasteiger partial charge in [0.2, 0.25) is 0 Å². The number of imidazole rings is 1. The minimum Gasteiger partial charge on any atom is -0.399 e. The maximum atomic E-state index is 13.7. The highest BCUT2D eigenvalue weighted by molar-refractivity contribution is 6.62. The van der Waals surface area contributed by atoms with E-state index in [1.54, 1.807) is 30.0 Å². The van der Waals surface area contributed by atoms with Crippen LogP contribution in [0.5, 0.6) is 0 Å². The Kier molecular flexibility index (Phi) is 4.04. The molecule has 4 nitrogen and oxygen atoms in total. The topological polar surface area (TPSA) is 36.3 Å². The summed E-state index contributed by atoms with van der Waals surface area (Å²) in [5.74, 6) is 0.608. The maximum absolute atomic E-state index is 13.7. The summed E-state index contributed by atoms with van der Waals surface area (Å²) in [6.07, 6.45) is -1.35.